The van der Waals surface area contributed by atoms with Crippen LogP contribution in [0.3, 0.4) is 0 Å². The minimum atomic E-state index is 0. The van der Waals surface area contributed by atoms with E-state index in [4.69, 9.17) is 4.99 Å². The van der Waals surface area contributed by atoms with E-state index in [1.165, 1.54) is 24.8 Å². The standard InChI is InChI=1S/C25H36N6O.HI/c1-2-26-25(27-15-21-16-28-31(18-21)17-20-9-5-3-6-10-20)29-23-13-14-30(19-23)24(32)22-11-7-4-8-12-22;/h3,5-6,9-10,16,18,22-23H,2,4,7-8,11-15,17,19H2,1H3,(H2,26,27,29);1H. The Labute approximate surface area is 214 Å². The Morgan fingerprint density at radius 3 is 2.67 bits per heavy atom. The van der Waals surface area contributed by atoms with E-state index < -0.39 is 0 Å². The van der Waals surface area contributed by atoms with Gasteiger partial charge in [-0.3, -0.25) is 9.48 Å². The number of likely N-dealkylation sites (tertiary alicyclic amines) is 1. The van der Waals surface area contributed by atoms with E-state index in [1.807, 2.05) is 29.1 Å². The summed E-state index contributed by atoms with van der Waals surface area (Å²) in [4.78, 5) is 19.7. The molecule has 1 unspecified atom stereocenters. The fourth-order valence-electron chi connectivity index (χ4n) is 4.71. The average Bonchev–Trinajstić information content (AvgIpc) is 3.48. The van der Waals surface area contributed by atoms with E-state index in [0.717, 1.165) is 57.0 Å². The zero-order valence-corrected chi connectivity index (χ0v) is 21.9. The lowest BCUT2D eigenvalue weighted by atomic mass is 9.88. The van der Waals surface area contributed by atoms with E-state index in [2.05, 4.69) is 45.9 Å². The third kappa shape index (κ3) is 7.45. The number of nitrogens with one attached hydrogen (secondary N) is 2. The maximum absolute atomic E-state index is 12.8. The van der Waals surface area contributed by atoms with Gasteiger partial charge < -0.3 is 15.5 Å². The molecule has 1 saturated heterocycles. The van der Waals surface area contributed by atoms with Crippen molar-refractivity contribution in [1.29, 1.82) is 0 Å². The van der Waals surface area contributed by atoms with Gasteiger partial charge in [-0.05, 0) is 31.7 Å². The lowest BCUT2D eigenvalue weighted by Crippen LogP contribution is -2.45. The molecule has 0 bridgehead atoms. The quantitative estimate of drug-likeness (QED) is 0.305. The zero-order chi connectivity index (χ0) is 22.2. The molecule has 1 amide bonds. The molecule has 4 rings (SSSR count). The summed E-state index contributed by atoms with van der Waals surface area (Å²) in [6.07, 6.45) is 10.7. The van der Waals surface area contributed by atoms with Crippen molar-refractivity contribution in [2.45, 2.75) is 64.6 Å². The Bertz CT molecular complexity index is 893. The molecule has 7 nitrogen and oxygen atoms in total. The van der Waals surface area contributed by atoms with Crippen LogP contribution in [-0.4, -0.2) is 52.2 Å². The SMILES string of the molecule is CCNC(=NCc1cnn(Cc2ccccc2)c1)NC1CCN(C(=O)C2CCCCC2)C1.I. The minimum Gasteiger partial charge on any atom is -0.357 e. The van der Waals surface area contributed by atoms with Gasteiger partial charge in [-0.2, -0.15) is 5.10 Å². The first kappa shape index (κ1) is 25.5. The highest BCUT2D eigenvalue weighted by Crippen LogP contribution is 2.26. The van der Waals surface area contributed by atoms with Gasteiger partial charge in [0.1, 0.15) is 0 Å². The highest BCUT2D eigenvalue weighted by molar-refractivity contribution is 14.0. The number of hydrogen-bond acceptors (Lipinski definition) is 3. The van der Waals surface area contributed by atoms with Crippen molar-refractivity contribution in [2.75, 3.05) is 19.6 Å². The molecule has 0 spiro atoms. The van der Waals surface area contributed by atoms with Gasteiger partial charge in [-0.25, -0.2) is 4.99 Å². The van der Waals surface area contributed by atoms with E-state index >= 15 is 0 Å². The number of carbonyl (C=O) groups is 1. The Morgan fingerprint density at radius 1 is 1.12 bits per heavy atom. The Morgan fingerprint density at radius 2 is 1.91 bits per heavy atom. The second-order valence-corrected chi connectivity index (χ2v) is 8.98. The van der Waals surface area contributed by atoms with E-state index in [1.54, 1.807) is 0 Å². The largest absolute Gasteiger partial charge is 0.357 e. The molecule has 0 radical (unpaired) electrons. The van der Waals surface area contributed by atoms with E-state index in [-0.39, 0.29) is 35.9 Å². The third-order valence-corrected chi connectivity index (χ3v) is 6.43. The monoisotopic (exact) mass is 564 g/mol. The summed E-state index contributed by atoms with van der Waals surface area (Å²) >= 11 is 0. The maximum atomic E-state index is 12.8. The number of halogens is 1. The molecule has 1 aliphatic carbocycles. The molecule has 2 aromatic rings. The third-order valence-electron chi connectivity index (χ3n) is 6.43. The average molecular weight is 565 g/mol. The molecular formula is C25H37IN6O. The molecule has 1 aromatic heterocycles. The van der Waals surface area contributed by atoms with Crippen LogP contribution in [0.1, 0.15) is 56.6 Å². The van der Waals surface area contributed by atoms with Gasteiger partial charge >= 0.3 is 0 Å². The van der Waals surface area contributed by atoms with Crippen LogP contribution < -0.4 is 10.6 Å². The Balaban J connectivity index is 0.00000306. The lowest BCUT2D eigenvalue weighted by Gasteiger charge is -2.26. The van der Waals surface area contributed by atoms with Crippen LogP contribution in [0.15, 0.2) is 47.7 Å². The first-order valence-corrected chi connectivity index (χ1v) is 12.1. The summed E-state index contributed by atoms with van der Waals surface area (Å²) in [6, 6.07) is 10.6. The summed E-state index contributed by atoms with van der Waals surface area (Å²) < 4.78 is 1.95. The van der Waals surface area contributed by atoms with E-state index in [9.17, 15) is 4.79 Å². The van der Waals surface area contributed by atoms with Gasteiger partial charge in [0.15, 0.2) is 5.96 Å². The van der Waals surface area contributed by atoms with Gasteiger partial charge in [0.25, 0.3) is 0 Å². The summed E-state index contributed by atoms with van der Waals surface area (Å²) in [6.45, 7) is 5.82. The number of guanidine groups is 1. The normalized spacial score (nSPS) is 19.2. The van der Waals surface area contributed by atoms with Gasteiger partial charge in [-0.15, -0.1) is 24.0 Å². The fraction of sp³-hybridized carbons (Fsp3) is 0.560. The molecular weight excluding hydrogens is 527 g/mol. The zero-order valence-electron chi connectivity index (χ0n) is 19.6. The van der Waals surface area contributed by atoms with Crippen molar-refractivity contribution in [2.24, 2.45) is 10.9 Å². The highest BCUT2D eigenvalue weighted by Gasteiger charge is 2.31. The predicted octanol–water partition coefficient (Wildman–Crippen LogP) is 3.79. The van der Waals surface area contributed by atoms with Crippen LogP contribution in [0.2, 0.25) is 0 Å². The molecule has 180 valence electrons. The van der Waals surface area contributed by atoms with Crippen molar-refractivity contribution in [3.8, 4) is 0 Å². The number of aromatic nitrogens is 2. The lowest BCUT2D eigenvalue weighted by molar-refractivity contribution is -0.135. The molecule has 33 heavy (non-hydrogen) atoms. The molecule has 1 aliphatic heterocycles. The molecule has 1 atom stereocenters. The van der Waals surface area contributed by atoms with Crippen LogP contribution in [0.4, 0.5) is 0 Å². The smallest absolute Gasteiger partial charge is 0.225 e. The Kier molecular flexibility index (Phi) is 10.0. The van der Waals surface area contributed by atoms with Crippen LogP contribution >= 0.6 is 24.0 Å². The number of rotatable bonds is 7. The topological polar surface area (TPSA) is 74.6 Å². The number of amides is 1. The number of nitrogens with zero attached hydrogens (tertiary/aromatic N) is 4. The predicted molar refractivity (Wildman–Crippen MR) is 143 cm³/mol. The van der Waals surface area contributed by atoms with Crippen LogP contribution in [-0.2, 0) is 17.9 Å². The summed E-state index contributed by atoms with van der Waals surface area (Å²) in [5.74, 6) is 1.42. The Hall–Kier alpha value is -2.10. The first-order chi connectivity index (χ1) is 15.7. The number of hydrogen-bond donors (Lipinski definition) is 2. The van der Waals surface area contributed by atoms with Crippen molar-refractivity contribution >= 4 is 35.8 Å². The van der Waals surface area contributed by atoms with Crippen LogP contribution in [0.5, 0.6) is 0 Å². The van der Waals surface area contributed by atoms with Gasteiger partial charge in [0.2, 0.25) is 5.91 Å². The molecule has 2 fully saturated rings. The van der Waals surface area contributed by atoms with Crippen molar-refractivity contribution in [1.82, 2.24) is 25.3 Å². The van der Waals surface area contributed by atoms with Gasteiger partial charge in [0.05, 0.1) is 19.3 Å². The molecule has 1 aromatic carbocycles. The van der Waals surface area contributed by atoms with Crippen molar-refractivity contribution in [3.63, 3.8) is 0 Å². The molecule has 2 aliphatic rings. The van der Waals surface area contributed by atoms with Gasteiger partial charge in [-0.1, -0.05) is 49.6 Å². The minimum absolute atomic E-state index is 0. The highest BCUT2D eigenvalue weighted by atomic mass is 127. The second kappa shape index (κ2) is 13.0. The van der Waals surface area contributed by atoms with Gasteiger partial charge in [0, 0.05) is 43.4 Å². The summed E-state index contributed by atoms with van der Waals surface area (Å²) in [5, 5.41) is 11.4. The van der Waals surface area contributed by atoms with E-state index in [0.29, 0.717) is 12.5 Å². The molecule has 1 saturated carbocycles. The molecule has 8 heteroatoms. The van der Waals surface area contributed by atoms with Crippen molar-refractivity contribution in [3.05, 3.63) is 53.9 Å². The fourth-order valence-corrected chi connectivity index (χ4v) is 4.71. The van der Waals surface area contributed by atoms with Crippen LogP contribution in [0, 0.1) is 5.92 Å². The summed E-state index contributed by atoms with van der Waals surface area (Å²) in [5.41, 5.74) is 2.31. The molecule has 2 heterocycles. The van der Waals surface area contributed by atoms with Crippen LogP contribution in [0.25, 0.3) is 0 Å². The number of carbonyl (C=O) groups excluding carboxylic acids is 1. The maximum Gasteiger partial charge on any atom is 0.225 e. The van der Waals surface area contributed by atoms with Crippen molar-refractivity contribution < 1.29 is 4.79 Å². The number of aliphatic imine (C=N–C) groups is 1. The summed E-state index contributed by atoms with van der Waals surface area (Å²) in [7, 11) is 0. The number of benzene rings is 1. The molecule has 2 N–H and O–H groups in total. The first-order valence-electron chi connectivity index (χ1n) is 12.1. The second-order valence-electron chi connectivity index (χ2n) is 8.98.